The highest BCUT2D eigenvalue weighted by atomic mass is 79.9. The third-order valence-electron chi connectivity index (χ3n) is 5.29. The summed E-state index contributed by atoms with van der Waals surface area (Å²) < 4.78 is 8.10. The summed E-state index contributed by atoms with van der Waals surface area (Å²) in [6.07, 6.45) is 4.54. The Morgan fingerprint density at radius 3 is 2.68 bits per heavy atom. The van der Waals surface area contributed by atoms with Gasteiger partial charge in [0.1, 0.15) is 16.8 Å². The zero-order valence-corrected chi connectivity index (χ0v) is 18.4. The summed E-state index contributed by atoms with van der Waals surface area (Å²) in [6.45, 7) is 3.57. The number of halogens is 1. The monoisotopic (exact) mass is 465 g/mol. The number of nitrogens with one attached hydrogen (secondary N) is 1. The van der Waals surface area contributed by atoms with Crippen molar-refractivity contribution in [2.24, 2.45) is 0 Å². The minimum Gasteiger partial charge on any atom is -0.496 e. The van der Waals surface area contributed by atoms with Crippen LogP contribution >= 0.6 is 27.7 Å². The Morgan fingerprint density at radius 2 is 2.00 bits per heavy atom. The third-order valence-corrected chi connectivity index (χ3v) is 7.12. The average molecular weight is 466 g/mol. The predicted molar refractivity (Wildman–Crippen MR) is 112 cm³/mol. The van der Waals surface area contributed by atoms with Crippen LogP contribution in [-0.2, 0) is 4.79 Å². The van der Waals surface area contributed by atoms with E-state index in [1.165, 1.54) is 24.6 Å². The normalized spacial score (nSPS) is 22.2. The van der Waals surface area contributed by atoms with Crippen molar-refractivity contribution in [3.8, 4) is 5.75 Å². The number of carbonyl (C=O) groups excluding carboxylic acids is 1. The summed E-state index contributed by atoms with van der Waals surface area (Å²) >= 11 is 5.06. The van der Waals surface area contributed by atoms with Gasteiger partial charge in [-0.2, -0.15) is 0 Å². The summed E-state index contributed by atoms with van der Waals surface area (Å²) in [5.74, 6) is 1.72. The molecule has 9 heteroatoms. The Labute approximate surface area is 177 Å². The lowest BCUT2D eigenvalue weighted by Gasteiger charge is -2.35. The summed E-state index contributed by atoms with van der Waals surface area (Å²) in [5.41, 5.74) is 4.49. The minimum absolute atomic E-state index is 0.170. The van der Waals surface area contributed by atoms with Crippen molar-refractivity contribution < 1.29 is 9.53 Å². The SMILES string of the molecule is COc1ccc(C2Nn3c(C)nnc3SC2C(=O)N2CCCCCC2)cc1Br. The fourth-order valence-corrected chi connectivity index (χ4v) is 5.51. The summed E-state index contributed by atoms with van der Waals surface area (Å²) in [5, 5.41) is 8.84. The number of fused-ring (bicyclic) bond motifs is 1. The first-order valence-electron chi connectivity index (χ1n) is 9.56. The van der Waals surface area contributed by atoms with Crippen LogP contribution in [0.4, 0.5) is 0 Å². The number of hydrogen-bond acceptors (Lipinski definition) is 6. The molecule has 1 aromatic carbocycles. The van der Waals surface area contributed by atoms with E-state index < -0.39 is 0 Å². The van der Waals surface area contributed by atoms with E-state index in [2.05, 4.69) is 31.6 Å². The molecule has 1 amide bonds. The van der Waals surface area contributed by atoms with Gasteiger partial charge in [0.15, 0.2) is 0 Å². The molecule has 7 nitrogen and oxygen atoms in total. The smallest absolute Gasteiger partial charge is 0.238 e. The number of nitrogens with zero attached hydrogens (tertiary/aromatic N) is 4. The lowest BCUT2D eigenvalue weighted by Crippen LogP contribution is -2.46. The first-order valence-corrected chi connectivity index (χ1v) is 11.2. The molecule has 1 fully saturated rings. The van der Waals surface area contributed by atoms with Crippen molar-refractivity contribution in [2.45, 2.75) is 49.1 Å². The van der Waals surface area contributed by atoms with E-state index in [4.69, 9.17) is 4.74 Å². The number of hydrogen-bond donors (Lipinski definition) is 1. The zero-order chi connectivity index (χ0) is 19.7. The minimum atomic E-state index is -0.297. The molecule has 2 aliphatic heterocycles. The molecule has 3 heterocycles. The highest BCUT2D eigenvalue weighted by molar-refractivity contribution is 9.10. The molecule has 0 bridgehead atoms. The van der Waals surface area contributed by atoms with Gasteiger partial charge in [-0.1, -0.05) is 30.7 Å². The second-order valence-corrected chi connectivity index (χ2v) is 9.11. The van der Waals surface area contributed by atoms with Gasteiger partial charge in [-0.15, -0.1) is 10.2 Å². The van der Waals surface area contributed by atoms with E-state index in [9.17, 15) is 4.79 Å². The van der Waals surface area contributed by atoms with Crippen LogP contribution in [0.1, 0.15) is 43.1 Å². The molecule has 2 unspecified atom stereocenters. The number of aromatic nitrogens is 3. The number of thioether (sulfide) groups is 1. The van der Waals surface area contributed by atoms with Crippen LogP contribution in [0, 0.1) is 6.92 Å². The van der Waals surface area contributed by atoms with Crippen LogP contribution in [0.5, 0.6) is 5.75 Å². The topological polar surface area (TPSA) is 72.3 Å². The number of likely N-dealkylation sites (tertiary alicyclic amines) is 1. The van der Waals surface area contributed by atoms with Crippen molar-refractivity contribution in [3.63, 3.8) is 0 Å². The van der Waals surface area contributed by atoms with Crippen molar-refractivity contribution in [3.05, 3.63) is 34.1 Å². The Hall–Kier alpha value is -1.74. The van der Waals surface area contributed by atoms with Gasteiger partial charge in [-0.3, -0.25) is 4.79 Å². The van der Waals surface area contributed by atoms with Crippen molar-refractivity contribution in [1.29, 1.82) is 0 Å². The fourth-order valence-electron chi connectivity index (χ4n) is 3.75. The molecule has 2 aromatic rings. The van der Waals surface area contributed by atoms with Gasteiger partial charge < -0.3 is 15.1 Å². The molecule has 4 rings (SSSR count). The van der Waals surface area contributed by atoms with Gasteiger partial charge in [0.25, 0.3) is 0 Å². The largest absolute Gasteiger partial charge is 0.496 e. The fraction of sp³-hybridized carbons (Fsp3) is 0.526. The van der Waals surface area contributed by atoms with Crippen molar-refractivity contribution in [1.82, 2.24) is 19.8 Å². The number of rotatable bonds is 3. The van der Waals surface area contributed by atoms with Crippen LogP contribution < -0.4 is 10.2 Å². The molecule has 1 aromatic heterocycles. The van der Waals surface area contributed by atoms with Crippen LogP contribution in [-0.4, -0.2) is 51.1 Å². The zero-order valence-electron chi connectivity index (χ0n) is 16.0. The van der Waals surface area contributed by atoms with Crippen LogP contribution in [0.25, 0.3) is 0 Å². The van der Waals surface area contributed by atoms with E-state index in [1.54, 1.807) is 7.11 Å². The summed E-state index contributed by atoms with van der Waals surface area (Å²) in [4.78, 5) is 15.5. The van der Waals surface area contributed by atoms with Crippen molar-refractivity contribution in [2.75, 3.05) is 25.6 Å². The Morgan fingerprint density at radius 1 is 1.25 bits per heavy atom. The van der Waals surface area contributed by atoms with Gasteiger partial charge in [0, 0.05) is 13.1 Å². The molecule has 28 heavy (non-hydrogen) atoms. The molecule has 0 spiro atoms. The van der Waals surface area contributed by atoms with Crippen LogP contribution in [0.3, 0.4) is 0 Å². The summed E-state index contributed by atoms with van der Waals surface area (Å²) in [6, 6.07) is 5.76. The van der Waals surface area contributed by atoms with E-state index in [0.29, 0.717) is 0 Å². The molecule has 0 aliphatic carbocycles. The predicted octanol–water partition coefficient (Wildman–Crippen LogP) is 3.52. The third kappa shape index (κ3) is 3.74. The lowest BCUT2D eigenvalue weighted by molar-refractivity contribution is -0.131. The number of methoxy groups -OCH3 is 1. The molecule has 1 N–H and O–H groups in total. The number of ether oxygens (including phenoxy) is 1. The first-order chi connectivity index (χ1) is 13.6. The number of carbonyl (C=O) groups is 1. The van der Waals surface area contributed by atoms with Crippen LogP contribution in [0.15, 0.2) is 27.8 Å². The maximum atomic E-state index is 13.5. The molecule has 0 saturated carbocycles. The molecular formula is C19H24BrN5O2S. The van der Waals surface area contributed by atoms with Crippen LogP contribution in [0.2, 0.25) is 0 Å². The van der Waals surface area contributed by atoms with E-state index in [0.717, 1.165) is 52.7 Å². The van der Waals surface area contributed by atoms with Gasteiger partial charge in [0.2, 0.25) is 11.1 Å². The van der Waals surface area contributed by atoms with E-state index in [-0.39, 0.29) is 17.2 Å². The van der Waals surface area contributed by atoms with Gasteiger partial charge >= 0.3 is 0 Å². The average Bonchev–Trinajstić information content (AvgIpc) is 2.90. The summed E-state index contributed by atoms with van der Waals surface area (Å²) in [7, 11) is 1.65. The van der Waals surface area contributed by atoms with E-state index >= 15 is 0 Å². The molecular weight excluding hydrogens is 442 g/mol. The standard InChI is InChI=1S/C19H24BrN5O2S/c1-12-21-22-19-25(12)23-16(13-7-8-15(27-2)14(20)11-13)17(28-19)18(26)24-9-5-3-4-6-10-24/h7-8,11,16-17,23H,3-6,9-10H2,1-2H3. The molecule has 2 atom stereocenters. The lowest BCUT2D eigenvalue weighted by atomic mass is 10.0. The first kappa shape index (κ1) is 19.6. The number of amides is 1. The Kier molecular flexibility index (Phi) is 5.82. The highest BCUT2D eigenvalue weighted by Crippen LogP contribution is 2.39. The Bertz CT molecular complexity index is 866. The number of aryl methyl sites for hydroxylation is 1. The Balaban J connectivity index is 1.68. The molecule has 2 aliphatic rings. The van der Waals surface area contributed by atoms with Gasteiger partial charge in [-0.25, -0.2) is 4.68 Å². The second-order valence-electron chi connectivity index (χ2n) is 7.14. The second kappa shape index (κ2) is 8.32. The van der Waals surface area contributed by atoms with E-state index in [1.807, 2.05) is 34.7 Å². The highest BCUT2D eigenvalue weighted by Gasteiger charge is 2.39. The van der Waals surface area contributed by atoms with Gasteiger partial charge in [0.05, 0.1) is 17.6 Å². The molecule has 150 valence electrons. The van der Waals surface area contributed by atoms with Crippen molar-refractivity contribution >= 4 is 33.6 Å². The van der Waals surface area contributed by atoms with Gasteiger partial charge in [-0.05, 0) is 53.4 Å². The maximum Gasteiger partial charge on any atom is 0.238 e. The molecule has 0 radical (unpaired) electrons. The maximum absolute atomic E-state index is 13.5. The quantitative estimate of drug-likeness (QED) is 0.747. The number of benzene rings is 1. The molecule has 1 saturated heterocycles.